The maximum atomic E-state index is 12.3. The van der Waals surface area contributed by atoms with Gasteiger partial charge in [0, 0.05) is 0 Å². The summed E-state index contributed by atoms with van der Waals surface area (Å²) in [6, 6.07) is 5.36. The van der Waals surface area contributed by atoms with Gasteiger partial charge in [0.05, 0.1) is 5.56 Å². The number of benzene rings is 1. The molecule has 2 N–H and O–H groups in total. The van der Waals surface area contributed by atoms with E-state index in [-0.39, 0.29) is 0 Å². The van der Waals surface area contributed by atoms with E-state index in [9.17, 15) is 13.2 Å². The third-order valence-corrected chi connectivity index (χ3v) is 1.92. The Morgan fingerprint density at radius 1 is 1.21 bits per heavy atom. The summed E-state index contributed by atoms with van der Waals surface area (Å²) in [6.45, 7) is 0.496. The first-order valence-electron chi connectivity index (χ1n) is 4.40. The molecule has 1 nitrogen and oxygen atoms in total. The highest BCUT2D eigenvalue weighted by Gasteiger charge is 2.30. The quantitative estimate of drug-likeness (QED) is 0.802. The smallest absolute Gasteiger partial charge is 0.330 e. The molecule has 0 heterocycles. The van der Waals surface area contributed by atoms with Crippen molar-refractivity contribution in [1.82, 2.24) is 0 Å². The van der Waals surface area contributed by atoms with Crippen LogP contribution in [0.2, 0.25) is 0 Å². The number of nitrogens with two attached hydrogens (primary N) is 1. The Balaban J connectivity index is 2.79. The second-order valence-corrected chi connectivity index (χ2v) is 3.09. The molecule has 4 heteroatoms. The van der Waals surface area contributed by atoms with Crippen LogP contribution in [0.1, 0.15) is 17.5 Å². The summed E-state index contributed by atoms with van der Waals surface area (Å²) in [5.41, 5.74) is 5.37. The van der Waals surface area contributed by atoms with Crippen molar-refractivity contribution in [2.45, 2.75) is 19.0 Å². The fourth-order valence-corrected chi connectivity index (χ4v) is 1.21. The van der Waals surface area contributed by atoms with Gasteiger partial charge in [-0.05, 0) is 31.0 Å². The average molecular weight is 203 g/mol. The van der Waals surface area contributed by atoms with E-state index in [2.05, 4.69) is 0 Å². The summed E-state index contributed by atoms with van der Waals surface area (Å²) in [5.74, 6) is 0. The molecular weight excluding hydrogens is 191 g/mol. The number of hydrogen-bond donors (Lipinski definition) is 1. The number of halogens is 3. The van der Waals surface area contributed by atoms with Crippen molar-refractivity contribution in [3.63, 3.8) is 0 Å². The molecule has 1 aromatic rings. The molecule has 0 aliphatic rings. The van der Waals surface area contributed by atoms with Crippen LogP contribution in [0.15, 0.2) is 24.3 Å². The molecule has 0 bridgehead atoms. The van der Waals surface area contributed by atoms with E-state index in [1.807, 2.05) is 0 Å². The van der Waals surface area contributed by atoms with Crippen molar-refractivity contribution in [3.05, 3.63) is 35.4 Å². The molecule has 1 rings (SSSR count). The Bertz CT molecular complexity index is 294. The second-order valence-electron chi connectivity index (χ2n) is 3.09. The number of alkyl halides is 3. The van der Waals surface area contributed by atoms with E-state index >= 15 is 0 Å². The van der Waals surface area contributed by atoms with Crippen LogP contribution in [-0.2, 0) is 12.6 Å². The minimum atomic E-state index is -4.25. The van der Waals surface area contributed by atoms with Gasteiger partial charge in [0.15, 0.2) is 0 Å². The van der Waals surface area contributed by atoms with Gasteiger partial charge in [-0.15, -0.1) is 0 Å². The Morgan fingerprint density at radius 2 is 1.93 bits per heavy atom. The molecule has 0 radical (unpaired) electrons. The highest BCUT2D eigenvalue weighted by atomic mass is 19.4. The van der Waals surface area contributed by atoms with Gasteiger partial charge in [0.1, 0.15) is 0 Å². The van der Waals surface area contributed by atoms with E-state index in [1.54, 1.807) is 6.07 Å². The molecule has 14 heavy (non-hydrogen) atoms. The summed E-state index contributed by atoms with van der Waals surface area (Å²) in [7, 11) is 0. The van der Waals surface area contributed by atoms with Gasteiger partial charge in [-0.1, -0.05) is 18.2 Å². The largest absolute Gasteiger partial charge is 0.416 e. The van der Waals surface area contributed by atoms with Gasteiger partial charge in [-0.25, -0.2) is 0 Å². The van der Waals surface area contributed by atoms with Crippen molar-refractivity contribution < 1.29 is 13.2 Å². The summed E-state index contributed by atoms with van der Waals surface area (Å²) >= 11 is 0. The molecule has 78 valence electrons. The number of hydrogen-bond acceptors (Lipinski definition) is 1. The van der Waals surface area contributed by atoms with Crippen LogP contribution >= 0.6 is 0 Å². The summed E-state index contributed by atoms with van der Waals surface area (Å²) < 4.78 is 36.8. The van der Waals surface area contributed by atoms with Crippen LogP contribution in [0.4, 0.5) is 13.2 Å². The summed E-state index contributed by atoms with van der Waals surface area (Å²) in [4.78, 5) is 0. The first kappa shape index (κ1) is 11.0. The molecule has 0 saturated heterocycles. The normalized spacial score (nSPS) is 11.7. The van der Waals surface area contributed by atoms with E-state index < -0.39 is 11.7 Å². The van der Waals surface area contributed by atoms with E-state index in [1.165, 1.54) is 12.1 Å². The van der Waals surface area contributed by atoms with Gasteiger partial charge in [-0.2, -0.15) is 13.2 Å². The first-order valence-corrected chi connectivity index (χ1v) is 4.40. The molecule has 0 aliphatic heterocycles. The SMILES string of the molecule is NCCCc1cccc(C(F)(F)F)c1. The average Bonchev–Trinajstić information content (AvgIpc) is 2.14. The number of rotatable bonds is 3. The van der Waals surface area contributed by atoms with Crippen LogP contribution in [-0.4, -0.2) is 6.54 Å². The molecule has 0 amide bonds. The van der Waals surface area contributed by atoms with E-state index in [4.69, 9.17) is 5.73 Å². The predicted octanol–water partition coefficient (Wildman–Crippen LogP) is 2.60. The van der Waals surface area contributed by atoms with Crippen LogP contribution in [0, 0.1) is 0 Å². The first-order chi connectivity index (χ1) is 6.54. The third kappa shape index (κ3) is 3.03. The van der Waals surface area contributed by atoms with Crippen LogP contribution in [0.5, 0.6) is 0 Å². The zero-order valence-corrected chi connectivity index (χ0v) is 7.64. The monoisotopic (exact) mass is 203 g/mol. The molecule has 0 spiro atoms. The fourth-order valence-electron chi connectivity index (χ4n) is 1.21. The zero-order chi connectivity index (χ0) is 10.6. The molecule has 1 aromatic carbocycles. The van der Waals surface area contributed by atoms with Crippen LogP contribution in [0.25, 0.3) is 0 Å². The Labute approximate surface area is 80.7 Å². The minimum Gasteiger partial charge on any atom is -0.330 e. The van der Waals surface area contributed by atoms with Crippen LogP contribution < -0.4 is 5.73 Å². The van der Waals surface area contributed by atoms with Crippen molar-refractivity contribution in [3.8, 4) is 0 Å². The van der Waals surface area contributed by atoms with E-state index in [0.717, 1.165) is 6.07 Å². The fraction of sp³-hybridized carbons (Fsp3) is 0.400. The highest BCUT2D eigenvalue weighted by Crippen LogP contribution is 2.29. The van der Waals surface area contributed by atoms with Crippen LogP contribution in [0.3, 0.4) is 0 Å². The van der Waals surface area contributed by atoms with Crippen molar-refractivity contribution >= 4 is 0 Å². The van der Waals surface area contributed by atoms with Gasteiger partial charge >= 0.3 is 6.18 Å². The molecule has 0 fully saturated rings. The Hall–Kier alpha value is -1.03. The van der Waals surface area contributed by atoms with Crippen molar-refractivity contribution in [1.29, 1.82) is 0 Å². The molecule has 0 saturated carbocycles. The molecule has 0 aromatic heterocycles. The molecular formula is C10H12F3N. The van der Waals surface area contributed by atoms with Gasteiger partial charge in [-0.3, -0.25) is 0 Å². The lowest BCUT2D eigenvalue weighted by molar-refractivity contribution is -0.137. The topological polar surface area (TPSA) is 26.0 Å². The lowest BCUT2D eigenvalue weighted by Crippen LogP contribution is -2.06. The standard InChI is InChI=1S/C10H12F3N/c11-10(12,13)9-5-1-3-8(7-9)4-2-6-14/h1,3,5,7H,2,4,6,14H2. The number of aryl methyl sites for hydroxylation is 1. The summed E-state index contributed by atoms with van der Waals surface area (Å²) in [6.07, 6.45) is -2.94. The second kappa shape index (κ2) is 4.46. The maximum absolute atomic E-state index is 12.3. The van der Waals surface area contributed by atoms with Crippen molar-refractivity contribution in [2.24, 2.45) is 5.73 Å². The lowest BCUT2D eigenvalue weighted by Gasteiger charge is -2.08. The Kier molecular flexibility index (Phi) is 3.52. The molecule has 0 unspecified atom stereocenters. The zero-order valence-electron chi connectivity index (χ0n) is 7.64. The third-order valence-electron chi connectivity index (χ3n) is 1.92. The summed E-state index contributed by atoms with van der Waals surface area (Å²) in [5, 5.41) is 0. The van der Waals surface area contributed by atoms with Crippen molar-refractivity contribution in [2.75, 3.05) is 6.54 Å². The van der Waals surface area contributed by atoms with E-state index in [0.29, 0.717) is 24.9 Å². The lowest BCUT2D eigenvalue weighted by atomic mass is 10.1. The van der Waals surface area contributed by atoms with Gasteiger partial charge < -0.3 is 5.73 Å². The molecule has 0 aliphatic carbocycles. The minimum absolute atomic E-state index is 0.496. The van der Waals surface area contributed by atoms with Gasteiger partial charge in [0.25, 0.3) is 0 Å². The predicted molar refractivity (Wildman–Crippen MR) is 48.8 cm³/mol. The highest BCUT2D eigenvalue weighted by molar-refractivity contribution is 5.25. The maximum Gasteiger partial charge on any atom is 0.416 e. The Morgan fingerprint density at radius 3 is 2.50 bits per heavy atom. The van der Waals surface area contributed by atoms with Gasteiger partial charge in [0.2, 0.25) is 0 Å². The molecule has 0 atom stereocenters.